The van der Waals surface area contributed by atoms with Crippen LogP contribution in [0.25, 0.3) is 0 Å². The Kier molecular flexibility index (Phi) is 6.23. The summed E-state index contributed by atoms with van der Waals surface area (Å²) in [5.74, 6) is -1.35. The maximum atomic E-state index is 12.2. The van der Waals surface area contributed by atoms with Crippen LogP contribution in [-0.2, 0) is 10.3 Å². The van der Waals surface area contributed by atoms with Crippen LogP contribution < -0.4 is 5.32 Å². The number of benzene rings is 2. The van der Waals surface area contributed by atoms with Crippen molar-refractivity contribution in [1.82, 2.24) is 5.32 Å². The number of carbonyl (C=O) groups excluding carboxylic acids is 2. The largest absolute Gasteiger partial charge is 0.507 e. The number of hydrogen-bond donors (Lipinski definition) is 3. The number of rotatable bonds is 6. The van der Waals surface area contributed by atoms with Crippen molar-refractivity contribution in [2.24, 2.45) is 0 Å². The van der Waals surface area contributed by atoms with Crippen LogP contribution in [0.5, 0.6) is 5.75 Å². The third-order valence-electron chi connectivity index (χ3n) is 4.22. The molecule has 0 saturated carbocycles. The Morgan fingerprint density at radius 3 is 2.42 bits per heavy atom. The minimum atomic E-state index is -0.817. The standard InChI is InChI=1S/C19H20ClNO5/c1-19(2,13-5-3-12(4-6-13)18(24)26-25)9-10-21-17(23)15-11-14(20)7-8-16(15)22/h3-8,11,22,25H,9-10H2,1-2H3,(H,21,23). The molecule has 2 aromatic rings. The molecule has 26 heavy (non-hydrogen) atoms. The molecule has 0 atom stereocenters. The van der Waals surface area contributed by atoms with Crippen LogP contribution in [0.1, 0.15) is 46.5 Å². The van der Waals surface area contributed by atoms with E-state index in [0.29, 0.717) is 18.0 Å². The van der Waals surface area contributed by atoms with Crippen molar-refractivity contribution in [2.45, 2.75) is 25.7 Å². The quantitative estimate of drug-likeness (QED) is 0.526. The molecule has 0 spiro atoms. The molecule has 2 aromatic carbocycles. The van der Waals surface area contributed by atoms with Crippen molar-refractivity contribution in [3.63, 3.8) is 0 Å². The number of aromatic hydroxyl groups is 1. The Morgan fingerprint density at radius 1 is 1.15 bits per heavy atom. The highest BCUT2D eigenvalue weighted by atomic mass is 35.5. The molecule has 1 amide bonds. The number of nitrogens with one attached hydrogen (secondary N) is 1. The maximum absolute atomic E-state index is 12.2. The van der Waals surface area contributed by atoms with E-state index in [1.807, 2.05) is 13.8 Å². The summed E-state index contributed by atoms with van der Waals surface area (Å²) in [6.45, 7) is 4.41. The number of carbonyl (C=O) groups is 2. The molecule has 0 bridgehead atoms. The average Bonchev–Trinajstić information content (AvgIpc) is 2.62. The van der Waals surface area contributed by atoms with Gasteiger partial charge in [-0.1, -0.05) is 37.6 Å². The lowest BCUT2D eigenvalue weighted by molar-refractivity contribution is -0.182. The highest BCUT2D eigenvalue weighted by Gasteiger charge is 2.22. The highest BCUT2D eigenvalue weighted by molar-refractivity contribution is 6.31. The Morgan fingerprint density at radius 2 is 1.81 bits per heavy atom. The summed E-state index contributed by atoms with van der Waals surface area (Å²) in [6.07, 6.45) is 0.629. The Bertz CT molecular complexity index is 802. The van der Waals surface area contributed by atoms with Gasteiger partial charge in [0.15, 0.2) is 0 Å². The van der Waals surface area contributed by atoms with Gasteiger partial charge >= 0.3 is 5.97 Å². The predicted octanol–water partition coefficient (Wildman–Crippen LogP) is 3.77. The van der Waals surface area contributed by atoms with Crippen molar-refractivity contribution in [3.05, 3.63) is 64.2 Å². The molecule has 0 unspecified atom stereocenters. The normalized spacial score (nSPS) is 11.1. The second-order valence-electron chi connectivity index (χ2n) is 6.51. The first-order valence-electron chi connectivity index (χ1n) is 7.97. The fourth-order valence-corrected chi connectivity index (χ4v) is 2.70. The molecule has 0 fully saturated rings. The van der Waals surface area contributed by atoms with Gasteiger partial charge in [0.2, 0.25) is 0 Å². The Labute approximate surface area is 156 Å². The van der Waals surface area contributed by atoms with Crippen LogP contribution in [0.4, 0.5) is 0 Å². The summed E-state index contributed by atoms with van der Waals surface area (Å²) < 4.78 is 0. The van der Waals surface area contributed by atoms with E-state index in [1.165, 1.54) is 18.2 Å². The van der Waals surface area contributed by atoms with E-state index in [4.69, 9.17) is 16.9 Å². The van der Waals surface area contributed by atoms with E-state index < -0.39 is 11.9 Å². The van der Waals surface area contributed by atoms with Crippen LogP contribution in [0, 0.1) is 0 Å². The van der Waals surface area contributed by atoms with Gasteiger partial charge < -0.3 is 10.4 Å². The molecule has 3 N–H and O–H groups in total. The van der Waals surface area contributed by atoms with Crippen molar-refractivity contribution in [1.29, 1.82) is 0 Å². The summed E-state index contributed by atoms with van der Waals surface area (Å²) in [5.41, 5.74) is 1.07. The molecule has 0 aromatic heterocycles. The third kappa shape index (κ3) is 4.74. The monoisotopic (exact) mass is 377 g/mol. The SMILES string of the molecule is CC(C)(CCNC(=O)c1cc(Cl)ccc1O)c1ccc(C(=O)OO)cc1. The van der Waals surface area contributed by atoms with Gasteiger partial charge in [-0.2, -0.15) is 5.26 Å². The van der Waals surface area contributed by atoms with E-state index in [-0.39, 0.29) is 22.3 Å². The van der Waals surface area contributed by atoms with Gasteiger partial charge in [-0.3, -0.25) is 9.68 Å². The van der Waals surface area contributed by atoms with Gasteiger partial charge in [0.1, 0.15) is 5.75 Å². The summed E-state index contributed by atoms with van der Waals surface area (Å²) in [5, 5.41) is 21.3. The van der Waals surface area contributed by atoms with Gasteiger partial charge in [0, 0.05) is 11.6 Å². The number of halogens is 1. The van der Waals surface area contributed by atoms with Crippen LogP contribution >= 0.6 is 11.6 Å². The zero-order valence-corrected chi connectivity index (χ0v) is 15.2. The van der Waals surface area contributed by atoms with Crippen LogP contribution in [0.2, 0.25) is 5.02 Å². The van der Waals surface area contributed by atoms with Crippen LogP contribution in [-0.4, -0.2) is 28.8 Å². The summed E-state index contributed by atoms with van der Waals surface area (Å²) in [7, 11) is 0. The van der Waals surface area contributed by atoms with E-state index in [1.54, 1.807) is 24.3 Å². The molecule has 0 aliphatic heterocycles. The minimum absolute atomic E-state index is 0.127. The minimum Gasteiger partial charge on any atom is -0.507 e. The van der Waals surface area contributed by atoms with Gasteiger partial charge in [-0.15, -0.1) is 0 Å². The van der Waals surface area contributed by atoms with Crippen molar-refractivity contribution in [2.75, 3.05) is 6.54 Å². The van der Waals surface area contributed by atoms with Crippen molar-refractivity contribution in [3.8, 4) is 5.75 Å². The smallest absolute Gasteiger partial charge is 0.372 e. The second kappa shape index (κ2) is 8.21. The van der Waals surface area contributed by atoms with E-state index in [0.717, 1.165) is 5.56 Å². The Balaban J connectivity index is 1.98. The summed E-state index contributed by atoms with van der Waals surface area (Å²) >= 11 is 5.85. The van der Waals surface area contributed by atoms with Gasteiger partial charge in [0.25, 0.3) is 5.91 Å². The third-order valence-corrected chi connectivity index (χ3v) is 4.46. The molecule has 6 nitrogen and oxygen atoms in total. The molecule has 2 rings (SSSR count). The lowest BCUT2D eigenvalue weighted by atomic mass is 9.81. The molecule has 0 radical (unpaired) electrons. The van der Waals surface area contributed by atoms with Crippen molar-refractivity contribution >= 4 is 23.5 Å². The topological polar surface area (TPSA) is 95.9 Å². The first kappa shape index (κ1) is 19.8. The molecule has 0 aliphatic carbocycles. The fraction of sp³-hybridized carbons (Fsp3) is 0.263. The lowest BCUT2D eigenvalue weighted by Gasteiger charge is -2.25. The summed E-state index contributed by atoms with van der Waals surface area (Å²) in [4.78, 5) is 27.1. The zero-order chi connectivity index (χ0) is 19.3. The number of amides is 1. The molecule has 0 heterocycles. The lowest BCUT2D eigenvalue weighted by Crippen LogP contribution is -2.30. The Hall–Kier alpha value is -2.57. The number of phenolic OH excluding ortho intramolecular Hbond substituents is 1. The fourth-order valence-electron chi connectivity index (χ4n) is 2.53. The van der Waals surface area contributed by atoms with Gasteiger partial charge in [-0.25, -0.2) is 4.79 Å². The number of hydrogen-bond acceptors (Lipinski definition) is 5. The number of phenols is 1. The predicted molar refractivity (Wildman–Crippen MR) is 97.6 cm³/mol. The van der Waals surface area contributed by atoms with E-state index >= 15 is 0 Å². The highest BCUT2D eigenvalue weighted by Crippen LogP contribution is 2.27. The van der Waals surface area contributed by atoms with Crippen LogP contribution in [0.15, 0.2) is 42.5 Å². The molecule has 7 heteroatoms. The molecular formula is C19H20ClNO5. The van der Waals surface area contributed by atoms with Gasteiger partial charge in [-0.05, 0) is 47.7 Å². The molecule has 138 valence electrons. The molecular weight excluding hydrogens is 358 g/mol. The molecule has 0 aliphatic rings. The maximum Gasteiger partial charge on any atom is 0.372 e. The van der Waals surface area contributed by atoms with Crippen molar-refractivity contribution < 1.29 is 24.8 Å². The second-order valence-corrected chi connectivity index (χ2v) is 6.94. The zero-order valence-electron chi connectivity index (χ0n) is 14.5. The first-order valence-corrected chi connectivity index (χ1v) is 8.35. The van der Waals surface area contributed by atoms with E-state index in [9.17, 15) is 14.7 Å². The van der Waals surface area contributed by atoms with Crippen LogP contribution in [0.3, 0.4) is 0 Å². The van der Waals surface area contributed by atoms with E-state index in [2.05, 4.69) is 10.2 Å². The molecule has 0 saturated heterocycles. The summed E-state index contributed by atoms with van der Waals surface area (Å²) in [6, 6.07) is 11.0. The van der Waals surface area contributed by atoms with Gasteiger partial charge in [0.05, 0.1) is 11.1 Å². The average molecular weight is 378 g/mol. The first-order chi connectivity index (χ1) is 12.2.